The molecule has 0 radical (unpaired) electrons. The number of phenolic OH excluding ortho intramolecular Hbond substituents is 1. The van der Waals surface area contributed by atoms with Crippen LogP contribution in [0.15, 0.2) is 6.07 Å². The fourth-order valence-electron chi connectivity index (χ4n) is 2.34. The Bertz CT molecular complexity index is 407. The Morgan fingerprint density at radius 1 is 1.33 bits per heavy atom. The van der Waals surface area contributed by atoms with Crippen LogP contribution in [0.3, 0.4) is 0 Å². The van der Waals surface area contributed by atoms with Crippen LogP contribution in [0.1, 0.15) is 36.1 Å². The third kappa shape index (κ3) is 1.74. The molecule has 82 valence electrons. The van der Waals surface area contributed by atoms with Gasteiger partial charge in [-0.2, -0.15) is 0 Å². The van der Waals surface area contributed by atoms with Gasteiger partial charge in [0.1, 0.15) is 5.75 Å². The van der Waals surface area contributed by atoms with Crippen molar-refractivity contribution in [3.63, 3.8) is 0 Å². The van der Waals surface area contributed by atoms with Gasteiger partial charge in [0.05, 0.1) is 0 Å². The Balaban J connectivity index is 2.55. The monoisotopic (exact) mass is 205 g/mol. The first-order valence-electron chi connectivity index (χ1n) is 5.47. The zero-order valence-electron chi connectivity index (χ0n) is 9.94. The van der Waals surface area contributed by atoms with Gasteiger partial charge in [-0.1, -0.05) is 6.07 Å². The maximum atomic E-state index is 9.91. The van der Waals surface area contributed by atoms with Crippen molar-refractivity contribution in [3.8, 4) is 5.75 Å². The number of phenols is 1. The van der Waals surface area contributed by atoms with E-state index >= 15 is 0 Å². The van der Waals surface area contributed by atoms with Crippen molar-refractivity contribution in [2.24, 2.45) is 0 Å². The van der Waals surface area contributed by atoms with E-state index in [9.17, 15) is 5.11 Å². The fraction of sp³-hybridized carbons (Fsp3) is 0.538. The molecule has 0 spiro atoms. The highest BCUT2D eigenvalue weighted by Crippen LogP contribution is 2.33. The third-order valence-electron chi connectivity index (χ3n) is 3.34. The van der Waals surface area contributed by atoms with Crippen molar-refractivity contribution in [2.45, 2.75) is 46.2 Å². The van der Waals surface area contributed by atoms with Crippen molar-refractivity contribution in [2.75, 3.05) is 0 Å². The number of rotatable bonds is 0. The lowest BCUT2D eigenvalue weighted by molar-refractivity contribution is 0.359. The molecule has 15 heavy (non-hydrogen) atoms. The van der Waals surface area contributed by atoms with E-state index in [-0.39, 0.29) is 5.54 Å². The highest BCUT2D eigenvalue weighted by Gasteiger charge is 2.26. The Hall–Kier alpha value is -1.02. The first kappa shape index (κ1) is 10.5. The predicted molar refractivity (Wildman–Crippen MR) is 62.2 cm³/mol. The number of benzene rings is 1. The van der Waals surface area contributed by atoms with E-state index < -0.39 is 0 Å². The standard InChI is InChI=1S/C13H19NO/c1-8-5-10-7-14-13(3,4)6-11(10)9(2)12(8)15/h5,14-15H,6-7H2,1-4H3. The van der Waals surface area contributed by atoms with E-state index in [1.165, 1.54) is 11.1 Å². The van der Waals surface area contributed by atoms with Gasteiger partial charge in [0.15, 0.2) is 0 Å². The number of aromatic hydroxyl groups is 1. The van der Waals surface area contributed by atoms with Crippen LogP contribution in [0, 0.1) is 13.8 Å². The maximum absolute atomic E-state index is 9.91. The molecule has 2 nitrogen and oxygen atoms in total. The lowest BCUT2D eigenvalue weighted by Gasteiger charge is -2.34. The van der Waals surface area contributed by atoms with Gasteiger partial charge in [0.25, 0.3) is 0 Å². The van der Waals surface area contributed by atoms with Crippen molar-refractivity contribution < 1.29 is 5.11 Å². The Morgan fingerprint density at radius 3 is 2.67 bits per heavy atom. The third-order valence-corrected chi connectivity index (χ3v) is 3.34. The second-order valence-electron chi connectivity index (χ2n) is 5.22. The van der Waals surface area contributed by atoms with Crippen LogP contribution in [-0.2, 0) is 13.0 Å². The Kier molecular flexibility index (Phi) is 2.27. The summed E-state index contributed by atoms with van der Waals surface area (Å²) in [4.78, 5) is 0. The van der Waals surface area contributed by atoms with Crippen molar-refractivity contribution in [1.29, 1.82) is 0 Å². The highest BCUT2D eigenvalue weighted by atomic mass is 16.3. The molecule has 1 aromatic rings. The van der Waals surface area contributed by atoms with E-state index in [2.05, 4.69) is 25.2 Å². The normalized spacial score (nSPS) is 18.7. The summed E-state index contributed by atoms with van der Waals surface area (Å²) < 4.78 is 0. The minimum Gasteiger partial charge on any atom is -0.507 e. The molecular formula is C13H19NO. The van der Waals surface area contributed by atoms with E-state index in [4.69, 9.17) is 0 Å². The largest absolute Gasteiger partial charge is 0.507 e. The zero-order chi connectivity index (χ0) is 11.2. The molecule has 0 bridgehead atoms. The Labute approximate surface area is 91.3 Å². The van der Waals surface area contributed by atoms with E-state index in [0.29, 0.717) is 5.75 Å². The van der Waals surface area contributed by atoms with Gasteiger partial charge in [-0.3, -0.25) is 0 Å². The van der Waals surface area contributed by atoms with Crippen LogP contribution in [0.5, 0.6) is 5.75 Å². The molecule has 2 rings (SSSR count). The molecule has 1 heterocycles. The minimum absolute atomic E-state index is 0.138. The molecular weight excluding hydrogens is 186 g/mol. The molecule has 0 atom stereocenters. The van der Waals surface area contributed by atoms with Crippen LogP contribution < -0.4 is 5.32 Å². The number of hydrogen-bond acceptors (Lipinski definition) is 2. The van der Waals surface area contributed by atoms with Crippen LogP contribution in [-0.4, -0.2) is 10.6 Å². The van der Waals surface area contributed by atoms with Crippen molar-refractivity contribution >= 4 is 0 Å². The van der Waals surface area contributed by atoms with Crippen LogP contribution in [0.2, 0.25) is 0 Å². The number of fused-ring (bicyclic) bond motifs is 1. The molecule has 0 saturated carbocycles. The molecule has 1 aliphatic rings. The second kappa shape index (κ2) is 3.24. The summed E-state index contributed by atoms with van der Waals surface area (Å²) in [6.45, 7) is 9.29. The number of nitrogens with one attached hydrogen (secondary N) is 1. The molecule has 0 aliphatic carbocycles. The summed E-state index contributed by atoms with van der Waals surface area (Å²) in [7, 11) is 0. The van der Waals surface area contributed by atoms with Gasteiger partial charge in [0.2, 0.25) is 0 Å². The topological polar surface area (TPSA) is 32.3 Å². The first-order chi connectivity index (χ1) is 6.91. The summed E-state index contributed by atoms with van der Waals surface area (Å²) in [5, 5.41) is 13.4. The fourth-order valence-corrected chi connectivity index (χ4v) is 2.34. The van der Waals surface area contributed by atoms with Gasteiger partial charge in [-0.05, 0) is 56.4 Å². The molecule has 1 aliphatic heterocycles. The molecule has 0 saturated heterocycles. The molecule has 1 aromatic carbocycles. The molecule has 2 N–H and O–H groups in total. The van der Waals surface area contributed by atoms with E-state index in [0.717, 1.165) is 24.1 Å². The van der Waals surface area contributed by atoms with Gasteiger partial charge < -0.3 is 10.4 Å². The zero-order valence-corrected chi connectivity index (χ0v) is 9.94. The molecule has 0 amide bonds. The lowest BCUT2D eigenvalue weighted by Crippen LogP contribution is -2.44. The smallest absolute Gasteiger partial charge is 0.121 e. The van der Waals surface area contributed by atoms with Crippen molar-refractivity contribution in [3.05, 3.63) is 28.3 Å². The maximum Gasteiger partial charge on any atom is 0.121 e. The molecule has 0 unspecified atom stereocenters. The Morgan fingerprint density at radius 2 is 2.00 bits per heavy atom. The lowest BCUT2D eigenvalue weighted by atomic mass is 9.84. The van der Waals surface area contributed by atoms with Crippen molar-refractivity contribution in [1.82, 2.24) is 5.32 Å². The highest BCUT2D eigenvalue weighted by molar-refractivity contribution is 5.50. The summed E-state index contributed by atoms with van der Waals surface area (Å²) >= 11 is 0. The minimum atomic E-state index is 0.138. The van der Waals surface area contributed by atoms with E-state index in [1.807, 2.05) is 13.8 Å². The summed E-state index contributed by atoms with van der Waals surface area (Å²) in [5.74, 6) is 0.464. The van der Waals surface area contributed by atoms with E-state index in [1.54, 1.807) is 0 Å². The van der Waals surface area contributed by atoms with Gasteiger partial charge in [-0.15, -0.1) is 0 Å². The first-order valence-corrected chi connectivity index (χ1v) is 5.47. The van der Waals surface area contributed by atoms with Gasteiger partial charge in [0, 0.05) is 12.1 Å². The molecule has 0 aromatic heterocycles. The second-order valence-corrected chi connectivity index (χ2v) is 5.22. The quantitative estimate of drug-likeness (QED) is 0.682. The van der Waals surface area contributed by atoms with Gasteiger partial charge >= 0.3 is 0 Å². The molecule has 0 fully saturated rings. The van der Waals surface area contributed by atoms with Crippen LogP contribution in [0.25, 0.3) is 0 Å². The van der Waals surface area contributed by atoms with Gasteiger partial charge in [-0.25, -0.2) is 0 Å². The SMILES string of the molecule is Cc1cc2c(c(C)c1O)CC(C)(C)NC2. The number of aryl methyl sites for hydroxylation is 1. The average Bonchev–Trinajstić information content (AvgIpc) is 2.16. The average molecular weight is 205 g/mol. The van der Waals surface area contributed by atoms with Crippen LogP contribution >= 0.6 is 0 Å². The summed E-state index contributed by atoms with van der Waals surface area (Å²) in [6, 6.07) is 2.10. The predicted octanol–water partition coefficient (Wildman–Crippen LogP) is 2.43. The number of hydrogen-bond donors (Lipinski definition) is 2. The summed E-state index contributed by atoms with van der Waals surface area (Å²) in [6.07, 6.45) is 0.988. The summed E-state index contributed by atoms with van der Waals surface area (Å²) in [5.41, 5.74) is 4.83. The van der Waals surface area contributed by atoms with Crippen LogP contribution in [0.4, 0.5) is 0 Å². The molecule has 2 heteroatoms.